The number of ether oxygens (including phenoxy) is 1. The van der Waals surface area contributed by atoms with Gasteiger partial charge in [0.2, 0.25) is 5.76 Å². The van der Waals surface area contributed by atoms with E-state index in [-0.39, 0.29) is 17.7 Å². The first kappa shape index (κ1) is 17.3. The molecule has 5 nitrogen and oxygen atoms in total. The molecule has 0 N–H and O–H groups in total. The van der Waals surface area contributed by atoms with Gasteiger partial charge < -0.3 is 14.2 Å². The third kappa shape index (κ3) is 3.45. The summed E-state index contributed by atoms with van der Waals surface area (Å²) >= 11 is 0. The number of hydrogen-bond acceptors (Lipinski definition) is 4. The zero-order valence-electron chi connectivity index (χ0n) is 15.5. The minimum Gasteiger partial charge on any atom is -0.497 e. The molecule has 2 aromatic carbocycles. The number of benzene rings is 2. The molecule has 0 aliphatic carbocycles. The Labute approximate surface area is 158 Å². The lowest BCUT2D eigenvalue weighted by Crippen LogP contribution is -2.30. The molecule has 1 aromatic heterocycles. The van der Waals surface area contributed by atoms with Gasteiger partial charge in [-0.2, -0.15) is 0 Å². The summed E-state index contributed by atoms with van der Waals surface area (Å²) in [6.45, 7) is 2.80. The number of likely N-dealkylation sites (tertiary alicyclic amines) is 1. The van der Waals surface area contributed by atoms with E-state index in [0.717, 1.165) is 30.7 Å². The number of nitrogens with zero attached hydrogens (tertiary/aromatic N) is 2. The number of rotatable bonds is 4. The van der Waals surface area contributed by atoms with Crippen LogP contribution in [0.25, 0.3) is 11.3 Å². The van der Waals surface area contributed by atoms with Crippen molar-refractivity contribution >= 4 is 5.91 Å². The van der Waals surface area contributed by atoms with Crippen LogP contribution in [0, 0.1) is 6.92 Å². The second-order valence-electron chi connectivity index (χ2n) is 6.88. The Bertz CT molecular complexity index is 963. The van der Waals surface area contributed by atoms with Crippen LogP contribution in [0.1, 0.15) is 40.6 Å². The van der Waals surface area contributed by atoms with Crippen molar-refractivity contribution in [3.8, 4) is 17.0 Å². The summed E-state index contributed by atoms with van der Waals surface area (Å²) in [6.07, 6.45) is 1.95. The Balaban J connectivity index is 1.58. The molecule has 1 saturated heterocycles. The Morgan fingerprint density at radius 2 is 2.04 bits per heavy atom. The highest BCUT2D eigenvalue weighted by atomic mass is 16.5. The molecule has 1 amide bonds. The maximum Gasteiger partial charge on any atom is 0.292 e. The van der Waals surface area contributed by atoms with E-state index >= 15 is 0 Å². The predicted octanol–water partition coefficient (Wildman–Crippen LogP) is 4.64. The monoisotopic (exact) mass is 362 g/mol. The highest BCUT2D eigenvalue weighted by molar-refractivity contribution is 5.93. The average Bonchev–Trinajstić information content (AvgIpc) is 3.37. The van der Waals surface area contributed by atoms with Crippen molar-refractivity contribution < 1.29 is 14.1 Å². The number of carbonyl (C=O) groups excluding carboxylic acids is 1. The summed E-state index contributed by atoms with van der Waals surface area (Å²) in [7, 11) is 1.62. The Hall–Kier alpha value is -3.08. The first-order valence-corrected chi connectivity index (χ1v) is 9.14. The molecular formula is C22H22N2O3. The van der Waals surface area contributed by atoms with E-state index in [9.17, 15) is 4.79 Å². The molecule has 3 aromatic rings. The van der Waals surface area contributed by atoms with Crippen LogP contribution in [0.15, 0.2) is 59.1 Å². The van der Waals surface area contributed by atoms with Gasteiger partial charge in [-0.25, -0.2) is 0 Å². The molecule has 2 heterocycles. The van der Waals surface area contributed by atoms with Crippen LogP contribution in [0.2, 0.25) is 0 Å². The number of carbonyl (C=O) groups is 1. The van der Waals surface area contributed by atoms with Gasteiger partial charge in [-0.3, -0.25) is 4.79 Å². The normalized spacial score (nSPS) is 16.5. The number of amides is 1. The lowest BCUT2D eigenvalue weighted by atomic mass is 10.0. The van der Waals surface area contributed by atoms with Crippen molar-refractivity contribution in [3.05, 3.63) is 71.5 Å². The van der Waals surface area contributed by atoms with Gasteiger partial charge in [-0.05, 0) is 37.5 Å². The highest BCUT2D eigenvalue weighted by Gasteiger charge is 2.32. The second kappa shape index (κ2) is 7.27. The molecule has 0 spiro atoms. The second-order valence-corrected chi connectivity index (χ2v) is 6.88. The van der Waals surface area contributed by atoms with Crippen LogP contribution < -0.4 is 4.74 Å². The van der Waals surface area contributed by atoms with Gasteiger partial charge in [-0.1, -0.05) is 47.1 Å². The van der Waals surface area contributed by atoms with Crippen molar-refractivity contribution in [2.24, 2.45) is 0 Å². The first-order chi connectivity index (χ1) is 13.2. The van der Waals surface area contributed by atoms with Crippen LogP contribution >= 0.6 is 0 Å². The predicted molar refractivity (Wildman–Crippen MR) is 103 cm³/mol. The maximum absolute atomic E-state index is 13.1. The average molecular weight is 362 g/mol. The lowest BCUT2D eigenvalue weighted by molar-refractivity contribution is 0.0693. The summed E-state index contributed by atoms with van der Waals surface area (Å²) in [5.41, 5.74) is 3.86. The molecular weight excluding hydrogens is 340 g/mol. The van der Waals surface area contributed by atoms with E-state index < -0.39 is 0 Å². The molecule has 1 aliphatic rings. The summed E-state index contributed by atoms with van der Waals surface area (Å²) in [6, 6.07) is 17.7. The van der Waals surface area contributed by atoms with Crippen molar-refractivity contribution in [3.63, 3.8) is 0 Å². The Morgan fingerprint density at radius 1 is 1.19 bits per heavy atom. The van der Waals surface area contributed by atoms with Gasteiger partial charge in [0.15, 0.2) is 0 Å². The van der Waals surface area contributed by atoms with Gasteiger partial charge in [0.1, 0.15) is 11.4 Å². The van der Waals surface area contributed by atoms with Crippen LogP contribution in [-0.4, -0.2) is 29.6 Å². The van der Waals surface area contributed by atoms with Gasteiger partial charge in [-0.15, -0.1) is 0 Å². The van der Waals surface area contributed by atoms with Crippen molar-refractivity contribution in [2.45, 2.75) is 25.8 Å². The zero-order chi connectivity index (χ0) is 18.8. The fourth-order valence-electron chi connectivity index (χ4n) is 3.67. The molecule has 0 bridgehead atoms. The topological polar surface area (TPSA) is 55.6 Å². The van der Waals surface area contributed by atoms with Crippen LogP contribution in [0.5, 0.6) is 5.75 Å². The summed E-state index contributed by atoms with van der Waals surface area (Å²) in [5.74, 6) is 0.899. The Kier molecular flexibility index (Phi) is 4.67. The SMILES string of the molecule is COc1cccc(-c2cc(C(=O)N3CCC[C@H]3c3cccc(C)c3)on2)c1. The third-order valence-electron chi connectivity index (χ3n) is 5.03. The standard InChI is InChI=1S/C22H22N2O3/c1-15-6-3-8-17(12-15)20-10-5-11-24(20)22(25)21-14-19(23-27-21)16-7-4-9-18(13-16)26-2/h3-4,6-9,12-14,20H,5,10-11H2,1-2H3/t20-/m0/s1. The Morgan fingerprint density at radius 3 is 2.85 bits per heavy atom. The quantitative estimate of drug-likeness (QED) is 0.679. The fraction of sp³-hybridized carbons (Fsp3) is 0.273. The van der Waals surface area contributed by atoms with Crippen LogP contribution in [-0.2, 0) is 0 Å². The third-order valence-corrected chi connectivity index (χ3v) is 5.03. The zero-order valence-corrected chi connectivity index (χ0v) is 15.5. The molecule has 1 fully saturated rings. The minimum atomic E-state index is -0.111. The van der Waals surface area contributed by atoms with Crippen LogP contribution in [0.3, 0.4) is 0 Å². The molecule has 138 valence electrons. The molecule has 1 atom stereocenters. The molecule has 0 radical (unpaired) electrons. The van der Waals surface area contributed by atoms with E-state index in [1.807, 2.05) is 35.2 Å². The van der Waals surface area contributed by atoms with E-state index in [1.165, 1.54) is 11.1 Å². The molecule has 0 saturated carbocycles. The number of aryl methyl sites for hydroxylation is 1. The molecule has 4 rings (SSSR count). The van der Waals surface area contributed by atoms with Gasteiger partial charge >= 0.3 is 0 Å². The van der Waals surface area contributed by atoms with Gasteiger partial charge in [0.05, 0.1) is 13.2 Å². The minimum absolute atomic E-state index is 0.0859. The van der Waals surface area contributed by atoms with E-state index in [1.54, 1.807) is 13.2 Å². The summed E-state index contributed by atoms with van der Waals surface area (Å²) < 4.78 is 10.6. The van der Waals surface area contributed by atoms with Crippen molar-refractivity contribution in [1.82, 2.24) is 10.1 Å². The largest absolute Gasteiger partial charge is 0.497 e. The maximum atomic E-state index is 13.1. The van der Waals surface area contributed by atoms with Crippen molar-refractivity contribution in [2.75, 3.05) is 13.7 Å². The van der Waals surface area contributed by atoms with E-state index in [0.29, 0.717) is 5.69 Å². The van der Waals surface area contributed by atoms with Gasteiger partial charge in [0, 0.05) is 18.2 Å². The smallest absolute Gasteiger partial charge is 0.292 e. The molecule has 27 heavy (non-hydrogen) atoms. The first-order valence-electron chi connectivity index (χ1n) is 9.14. The molecule has 5 heteroatoms. The number of methoxy groups -OCH3 is 1. The highest BCUT2D eigenvalue weighted by Crippen LogP contribution is 2.34. The van der Waals surface area contributed by atoms with Gasteiger partial charge in [0.25, 0.3) is 5.91 Å². The molecule has 1 aliphatic heterocycles. The van der Waals surface area contributed by atoms with E-state index in [2.05, 4.69) is 30.3 Å². The number of aromatic nitrogens is 1. The van der Waals surface area contributed by atoms with Crippen LogP contribution in [0.4, 0.5) is 0 Å². The summed E-state index contributed by atoms with van der Waals surface area (Å²) in [4.78, 5) is 14.9. The lowest BCUT2D eigenvalue weighted by Gasteiger charge is -2.24. The molecule has 0 unspecified atom stereocenters. The van der Waals surface area contributed by atoms with Crippen molar-refractivity contribution in [1.29, 1.82) is 0 Å². The summed E-state index contributed by atoms with van der Waals surface area (Å²) in [5, 5.41) is 4.09. The number of hydrogen-bond donors (Lipinski definition) is 0. The van der Waals surface area contributed by atoms with E-state index in [4.69, 9.17) is 9.26 Å². The fourth-order valence-corrected chi connectivity index (χ4v) is 3.67.